The largest absolute Gasteiger partial charge is 0.478 e. The lowest BCUT2D eigenvalue weighted by molar-refractivity contribution is 0.0696. The normalized spacial score (nSPS) is 12.7. The first kappa shape index (κ1) is 19.2. The third-order valence-electron chi connectivity index (χ3n) is 4.85. The number of carboxylic acid groups (broad SMARTS) is 1. The van der Waals surface area contributed by atoms with Gasteiger partial charge in [-0.1, -0.05) is 0 Å². The van der Waals surface area contributed by atoms with Gasteiger partial charge in [-0.3, -0.25) is 0 Å². The number of carboxylic acids is 1. The molecule has 1 aromatic carbocycles. The average Bonchev–Trinajstić information content (AvgIpc) is 2.78. The van der Waals surface area contributed by atoms with Crippen LogP contribution in [-0.4, -0.2) is 37.6 Å². The number of nitriles is 1. The van der Waals surface area contributed by atoms with Crippen LogP contribution in [0.15, 0.2) is 36.9 Å². The molecule has 0 bridgehead atoms. The third-order valence-corrected chi connectivity index (χ3v) is 4.85. The minimum atomic E-state index is -1.10. The van der Waals surface area contributed by atoms with Crippen molar-refractivity contribution in [1.82, 2.24) is 19.9 Å². The number of halogens is 1. The standard InChI is InChI=1S/C20H16FN7O2/c21-6-13-5-15(2-1-12(13)7-22)28-4-3-16-17(10-28)25-11-26-18(16)27-20-23-8-14(9-24-20)19(29)30/h1-2,5,8-9,11H,3-4,6,10H2,(H,29,30)(H,23,24,25,26,27). The van der Waals surface area contributed by atoms with Gasteiger partial charge in [0.25, 0.3) is 0 Å². The Hall–Kier alpha value is -4.13. The first-order valence-electron chi connectivity index (χ1n) is 9.08. The molecular weight excluding hydrogens is 389 g/mol. The average molecular weight is 405 g/mol. The van der Waals surface area contributed by atoms with Gasteiger partial charge in [-0.15, -0.1) is 0 Å². The molecule has 2 aromatic heterocycles. The van der Waals surface area contributed by atoms with E-state index in [9.17, 15) is 9.18 Å². The summed E-state index contributed by atoms with van der Waals surface area (Å²) in [6.07, 6.45) is 4.51. The van der Waals surface area contributed by atoms with E-state index in [0.29, 0.717) is 36.5 Å². The fourth-order valence-electron chi connectivity index (χ4n) is 3.29. The molecule has 0 atom stereocenters. The molecule has 10 heteroatoms. The van der Waals surface area contributed by atoms with Crippen LogP contribution in [0.25, 0.3) is 0 Å². The summed E-state index contributed by atoms with van der Waals surface area (Å²) in [5.41, 5.74) is 3.25. The predicted octanol–water partition coefficient (Wildman–Crippen LogP) is 2.61. The van der Waals surface area contributed by atoms with Crippen LogP contribution < -0.4 is 10.2 Å². The highest BCUT2D eigenvalue weighted by Crippen LogP contribution is 2.29. The van der Waals surface area contributed by atoms with Crippen LogP contribution in [0.1, 0.15) is 32.7 Å². The summed E-state index contributed by atoms with van der Waals surface area (Å²) in [6, 6.07) is 7.13. The highest BCUT2D eigenvalue weighted by molar-refractivity contribution is 5.86. The fraction of sp³-hybridized carbons (Fsp3) is 0.200. The quantitative estimate of drug-likeness (QED) is 0.658. The SMILES string of the molecule is N#Cc1ccc(N2CCc3c(ncnc3Nc3ncc(C(=O)O)cn3)C2)cc1CF. The van der Waals surface area contributed by atoms with Crippen molar-refractivity contribution in [1.29, 1.82) is 5.26 Å². The molecule has 2 N–H and O–H groups in total. The fourth-order valence-corrected chi connectivity index (χ4v) is 3.29. The van der Waals surface area contributed by atoms with Crippen LogP contribution in [0.4, 0.5) is 21.8 Å². The number of aromatic carboxylic acids is 1. The van der Waals surface area contributed by atoms with E-state index in [4.69, 9.17) is 10.4 Å². The van der Waals surface area contributed by atoms with Gasteiger partial charge in [0.05, 0.1) is 29.4 Å². The van der Waals surface area contributed by atoms with Gasteiger partial charge >= 0.3 is 5.97 Å². The van der Waals surface area contributed by atoms with Crippen molar-refractivity contribution in [2.24, 2.45) is 0 Å². The molecule has 0 amide bonds. The molecule has 1 aliphatic rings. The number of nitrogens with one attached hydrogen (secondary N) is 1. The van der Waals surface area contributed by atoms with Crippen molar-refractivity contribution in [2.75, 3.05) is 16.8 Å². The summed E-state index contributed by atoms with van der Waals surface area (Å²) in [6.45, 7) is 0.465. The Kier molecular flexibility index (Phi) is 5.17. The van der Waals surface area contributed by atoms with Crippen molar-refractivity contribution in [3.8, 4) is 6.07 Å². The number of anilines is 3. The lowest BCUT2D eigenvalue weighted by Gasteiger charge is -2.31. The van der Waals surface area contributed by atoms with E-state index in [1.165, 1.54) is 18.7 Å². The van der Waals surface area contributed by atoms with E-state index in [0.717, 1.165) is 16.9 Å². The lowest BCUT2D eigenvalue weighted by Crippen LogP contribution is -2.32. The number of alkyl halides is 1. The number of benzene rings is 1. The number of rotatable bonds is 5. The Balaban J connectivity index is 1.56. The Morgan fingerprint density at radius 2 is 2.07 bits per heavy atom. The van der Waals surface area contributed by atoms with Gasteiger partial charge in [-0.2, -0.15) is 5.26 Å². The zero-order valence-corrected chi connectivity index (χ0v) is 15.7. The molecule has 3 aromatic rings. The molecule has 30 heavy (non-hydrogen) atoms. The maximum absolute atomic E-state index is 13.2. The summed E-state index contributed by atoms with van der Waals surface area (Å²) < 4.78 is 13.2. The van der Waals surface area contributed by atoms with Gasteiger partial charge in [0.15, 0.2) is 0 Å². The third kappa shape index (κ3) is 3.73. The lowest BCUT2D eigenvalue weighted by atomic mass is 10.0. The van der Waals surface area contributed by atoms with Crippen molar-refractivity contribution in [2.45, 2.75) is 19.6 Å². The zero-order valence-electron chi connectivity index (χ0n) is 15.7. The molecule has 0 fully saturated rings. The molecule has 9 nitrogen and oxygen atoms in total. The second-order valence-electron chi connectivity index (χ2n) is 6.63. The molecule has 0 spiro atoms. The number of hydrogen-bond donors (Lipinski definition) is 2. The van der Waals surface area contributed by atoms with E-state index in [-0.39, 0.29) is 11.5 Å². The molecular formula is C20H16FN7O2. The van der Waals surface area contributed by atoms with Crippen LogP contribution in [-0.2, 0) is 19.6 Å². The summed E-state index contributed by atoms with van der Waals surface area (Å²) >= 11 is 0. The smallest absolute Gasteiger partial charge is 0.338 e. The first-order chi connectivity index (χ1) is 14.6. The van der Waals surface area contributed by atoms with Crippen molar-refractivity contribution >= 4 is 23.4 Å². The van der Waals surface area contributed by atoms with Gasteiger partial charge in [-0.25, -0.2) is 29.1 Å². The highest BCUT2D eigenvalue weighted by Gasteiger charge is 2.22. The first-order valence-corrected chi connectivity index (χ1v) is 9.08. The molecule has 3 heterocycles. The van der Waals surface area contributed by atoms with E-state index in [2.05, 4.69) is 30.2 Å². The van der Waals surface area contributed by atoms with Crippen molar-refractivity contribution in [3.05, 3.63) is 64.9 Å². The van der Waals surface area contributed by atoms with Crippen molar-refractivity contribution in [3.63, 3.8) is 0 Å². The van der Waals surface area contributed by atoms with E-state index >= 15 is 0 Å². The van der Waals surface area contributed by atoms with Crippen LogP contribution in [0.2, 0.25) is 0 Å². The maximum atomic E-state index is 13.2. The van der Waals surface area contributed by atoms with E-state index in [1.807, 2.05) is 6.07 Å². The Morgan fingerprint density at radius 1 is 1.27 bits per heavy atom. The Morgan fingerprint density at radius 3 is 2.77 bits per heavy atom. The monoisotopic (exact) mass is 405 g/mol. The van der Waals surface area contributed by atoms with Gasteiger partial charge in [-0.05, 0) is 24.6 Å². The van der Waals surface area contributed by atoms with Gasteiger partial charge < -0.3 is 15.3 Å². The van der Waals surface area contributed by atoms with Gasteiger partial charge in [0.2, 0.25) is 5.95 Å². The Labute approximate surface area is 170 Å². The summed E-state index contributed by atoms with van der Waals surface area (Å²) in [5, 5.41) is 21.0. The van der Waals surface area contributed by atoms with Crippen molar-refractivity contribution < 1.29 is 14.3 Å². The molecule has 0 saturated carbocycles. The Bertz CT molecular complexity index is 1140. The van der Waals surface area contributed by atoms with Crippen LogP contribution in [0.3, 0.4) is 0 Å². The molecule has 0 radical (unpaired) electrons. The predicted molar refractivity (Wildman–Crippen MR) is 105 cm³/mol. The van der Waals surface area contributed by atoms with Gasteiger partial charge in [0.1, 0.15) is 18.8 Å². The van der Waals surface area contributed by atoms with E-state index < -0.39 is 12.6 Å². The second kappa shape index (κ2) is 8.08. The maximum Gasteiger partial charge on any atom is 0.338 e. The van der Waals surface area contributed by atoms with E-state index in [1.54, 1.807) is 18.2 Å². The number of aromatic nitrogens is 4. The van der Waals surface area contributed by atoms with Gasteiger partial charge in [0, 0.05) is 35.8 Å². The highest BCUT2D eigenvalue weighted by atomic mass is 19.1. The molecule has 150 valence electrons. The topological polar surface area (TPSA) is 128 Å². The number of hydrogen-bond acceptors (Lipinski definition) is 8. The summed E-state index contributed by atoms with van der Waals surface area (Å²) in [5.74, 6) is -0.296. The van der Waals surface area contributed by atoms with Crippen LogP contribution in [0, 0.1) is 11.3 Å². The molecule has 4 rings (SSSR count). The molecule has 1 aliphatic heterocycles. The van der Waals surface area contributed by atoms with Crippen LogP contribution in [0.5, 0.6) is 0 Å². The minimum absolute atomic E-state index is 0.00373. The molecule has 0 saturated heterocycles. The molecule has 0 aliphatic carbocycles. The summed E-state index contributed by atoms with van der Waals surface area (Å²) in [7, 11) is 0. The minimum Gasteiger partial charge on any atom is -0.478 e. The number of fused-ring (bicyclic) bond motifs is 1. The second-order valence-corrected chi connectivity index (χ2v) is 6.63. The zero-order chi connectivity index (χ0) is 21.1. The van der Waals surface area contributed by atoms with Crippen LogP contribution >= 0.6 is 0 Å². The summed E-state index contributed by atoms with van der Waals surface area (Å²) in [4.78, 5) is 29.6. The number of carbonyl (C=O) groups is 1. The molecule has 0 unspecified atom stereocenters. The number of nitrogens with zero attached hydrogens (tertiary/aromatic N) is 6.